The zero-order valence-electron chi connectivity index (χ0n) is 13.4. The lowest BCUT2D eigenvalue weighted by Gasteiger charge is -2.11. The molecule has 1 heterocycles. The minimum Gasteiger partial charge on any atom is -0.465 e. The van der Waals surface area contributed by atoms with Crippen molar-refractivity contribution in [2.24, 2.45) is 0 Å². The van der Waals surface area contributed by atoms with Crippen molar-refractivity contribution in [2.45, 2.75) is 20.0 Å². The van der Waals surface area contributed by atoms with Gasteiger partial charge in [0.1, 0.15) is 6.54 Å². The first kappa shape index (κ1) is 17.9. The molecule has 0 unspecified atom stereocenters. The number of esters is 1. The smallest absolute Gasteiger partial charge is 0.325 e. The van der Waals surface area contributed by atoms with E-state index in [0.717, 1.165) is 11.3 Å². The Morgan fingerprint density at radius 2 is 1.92 bits per heavy atom. The van der Waals surface area contributed by atoms with Crippen LogP contribution in [0.4, 0.5) is 4.79 Å². The average molecular weight is 350 g/mol. The summed E-state index contributed by atoms with van der Waals surface area (Å²) >= 11 is 5.89. The van der Waals surface area contributed by atoms with Gasteiger partial charge in [-0.2, -0.15) is 0 Å². The van der Waals surface area contributed by atoms with Crippen molar-refractivity contribution in [1.29, 1.82) is 0 Å². The number of benzene rings is 1. The quantitative estimate of drug-likeness (QED) is 0.754. The van der Waals surface area contributed by atoms with E-state index >= 15 is 0 Å². The number of nitrogens with zero attached hydrogens (tertiary/aromatic N) is 1. The van der Waals surface area contributed by atoms with Gasteiger partial charge in [-0.3, -0.25) is 4.79 Å². The van der Waals surface area contributed by atoms with E-state index < -0.39 is 12.0 Å². The van der Waals surface area contributed by atoms with Crippen LogP contribution in [-0.2, 0) is 22.6 Å². The molecule has 0 fully saturated rings. The number of carbonyl (C=O) groups is 2. The molecule has 24 heavy (non-hydrogen) atoms. The molecule has 0 spiro atoms. The maximum Gasteiger partial charge on any atom is 0.325 e. The number of hydrogen-bond acceptors (Lipinski definition) is 3. The first-order valence-corrected chi connectivity index (χ1v) is 8.02. The molecule has 2 N–H and O–H groups in total. The van der Waals surface area contributed by atoms with Gasteiger partial charge in [-0.05, 0) is 36.8 Å². The maximum absolute atomic E-state index is 11.7. The lowest BCUT2D eigenvalue weighted by molar-refractivity contribution is -0.141. The second-order valence-electron chi connectivity index (χ2n) is 5.10. The van der Waals surface area contributed by atoms with Crippen molar-refractivity contribution < 1.29 is 14.3 Å². The van der Waals surface area contributed by atoms with Gasteiger partial charge in [0, 0.05) is 23.5 Å². The molecule has 0 bridgehead atoms. The molecular formula is C17H20ClN3O3. The summed E-state index contributed by atoms with van der Waals surface area (Å²) in [7, 11) is 0. The summed E-state index contributed by atoms with van der Waals surface area (Å²) in [5.74, 6) is -0.459. The molecule has 1 aromatic carbocycles. The predicted molar refractivity (Wildman–Crippen MR) is 91.9 cm³/mol. The highest BCUT2D eigenvalue weighted by Crippen LogP contribution is 2.12. The molecule has 2 amide bonds. The van der Waals surface area contributed by atoms with Crippen LogP contribution in [0.15, 0.2) is 42.6 Å². The molecule has 0 aliphatic heterocycles. The van der Waals surface area contributed by atoms with Crippen molar-refractivity contribution in [3.05, 3.63) is 58.9 Å². The first-order chi connectivity index (χ1) is 11.6. The number of ether oxygens (including phenoxy) is 1. The maximum atomic E-state index is 11.7. The monoisotopic (exact) mass is 349 g/mol. The van der Waals surface area contributed by atoms with Crippen LogP contribution in [0.5, 0.6) is 0 Å². The molecule has 0 aliphatic rings. The summed E-state index contributed by atoms with van der Waals surface area (Å²) in [4.78, 5) is 22.9. The molecule has 0 radical (unpaired) electrons. The molecule has 0 saturated carbocycles. The van der Waals surface area contributed by atoms with Crippen molar-refractivity contribution in [1.82, 2.24) is 15.2 Å². The molecule has 128 valence electrons. The van der Waals surface area contributed by atoms with Crippen LogP contribution in [0.2, 0.25) is 5.02 Å². The number of halogens is 1. The summed E-state index contributed by atoms with van der Waals surface area (Å²) < 4.78 is 6.78. The third kappa shape index (κ3) is 5.62. The van der Waals surface area contributed by atoms with E-state index in [9.17, 15) is 9.59 Å². The van der Waals surface area contributed by atoms with Crippen molar-refractivity contribution >= 4 is 23.6 Å². The van der Waals surface area contributed by atoms with E-state index in [1.165, 1.54) is 0 Å². The Labute approximate surface area is 145 Å². The molecule has 1 aromatic heterocycles. The van der Waals surface area contributed by atoms with E-state index in [2.05, 4.69) is 10.6 Å². The second kappa shape index (κ2) is 8.98. The molecule has 0 saturated heterocycles. The van der Waals surface area contributed by atoms with Crippen molar-refractivity contribution in [2.75, 3.05) is 13.2 Å². The number of hydrogen-bond donors (Lipinski definition) is 2. The van der Waals surface area contributed by atoms with E-state index in [-0.39, 0.29) is 6.54 Å². The van der Waals surface area contributed by atoms with E-state index in [1.807, 2.05) is 47.2 Å². The standard InChI is InChI=1S/C17H20ClN3O3/c1-2-24-16(22)11-20-17(23)19-10-15-4-3-9-21(15)12-13-5-7-14(18)8-6-13/h3-9H,2,10-12H2,1H3,(H2,19,20,23). The van der Waals surface area contributed by atoms with Crippen LogP contribution in [-0.4, -0.2) is 29.7 Å². The Bertz CT molecular complexity index is 683. The summed E-state index contributed by atoms with van der Waals surface area (Å²) in [5.41, 5.74) is 2.07. The highest BCUT2D eigenvalue weighted by Gasteiger charge is 2.07. The Balaban J connectivity index is 1.83. The van der Waals surface area contributed by atoms with Gasteiger partial charge in [0.05, 0.1) is 13.2 Å². The van der Waals surface area contributed by atoms with Crippen molar-refractivity contribution in [3.8, 4) is 0 Å². The molecular weight excluding hydrogens is 330 g/mol. The second-order valence-corrected chi connectivity index (χ2v) is 5.53. The van der Waals surface area contributed by atoms with Gasteiger partial charge in [-0.25, -0.2) is 4.79 Å². The molecule has 7 heteroatoms. The summed E-state index contributed by atoms with van der Waals surface area (Å²) in [6, 6.07) is 11.1. The summed E-state index contributed by atoms with van der Waals surface area (Å²) in [6.45, 7) is 2.90. The largest absolute Gasteiger partial charge is 0.465 e. The van der Waals surface area contributed by atoms with Crippen LogP contribution in [0.1, 0.15) is 18.2 Å². The SMILES string of the molecule is CCOC(=O)CNC(=O)NCc1cccn1Cc1ccc(Cl)cc1. The van der Waals surface area contributed by atoms with Gasteiger partial charge in [-0.1, -0.05) is 23.7 Å². The number of aromatic nitrogens is 1. The topological polar surface area (TPSA) is 72.4 Å². The Morgan fingerprint density at radius 3 is 2.62 bits per heavy atom. The highest BCUT2D eigenvalue weighted by molar-refractivity contribution is 6.30. The normalized spacial score (nSPS) is 10.2. The number of carbonyl (C=O) groups excluding carboxylic acids is 2. The van der Waals surface area contributed by atoms with E-state index in [0.29, 0.717) is 24.7 Å². The van der Waals surface area contributed by atoms with Gasteiger partial charge in [0.2, 0.25) is 0 Å². The van der Waals surface area contributed by atoms with Gasteiger partial charge in [0.15, 0.2) is 0 Å². The van der Waals surface area contributed by atoms with Gasteiger partial charge >= 0.3 is 12.0 Å². The van der Waals surface area contributed by atoms with Crippen LogP contribution >= 0.6 is 11.6 Å². The van der Waals surface area contributed by atoms with Gasteiger partial charge in [0.25, 0.3) is 0 Å². The highest BCUT2D eigenvalue weighted by atomic mass is 35.5. The van der Waals surface area contributed by atoms with E-state index in [4.69, 9.17) is 16.3 Å². The predicted octanol–water partition coefficient (Wildman–Crippen LogP) is 2.55. The van der Waals surface area contributed by atoms with Crippen molar-refractivity contribution in [3.63, 3.8) is 0 Å². The minimum absolute atomic E-state index is 0.147. The third-order valence-electron chi connectivity index (χ3n) is 3.32. The molecule has 0 atom stereocenters. The fourth-order valence-electron chi connectivity index (χ4n) is 2.15. The fraction of sp³-hybridized carbons (Fsp3) is 0.294. The number of rotatable bonds is 7. The van der Waals surface area contributed by atoms with Gasteiger partial charge in [-0.15, -0.1) is 0 Å². The van der Waals surface area contributed by atoms with Gasteiger partial charge < -0.3 is 19.9 Å². The minimum atomic E-state index is -0.459. The average Bonchev–Trinajstić information content (AvgIpc) is 3.00. The molecule has 2 rings (SSSR count). The molecule has 2 aromatic rings. The van der Waals surface area contributed by atoms with Crippen LogP contribution in [0.3, 0.4) is 0 Å². The van der Waals surface area contributed by atoms with Crippen LogP contribution in [0.25, 0.3) is 0 Å². The molecule has 0 aliphatic carbocycles. The number of urea groups is 1. The zero-order valence-corrected chi connectivity index (χ0v) is 14.2. The summed E-state index contributed by atoms with van der Waals surface area (Å²) in [5, 5.41) is 5.88. The Morgan fingerprint density at radius 1 is 1.17 bits per heavy atom. The van der Waals surface area contributed by atoms with Crippen LogP contribution in [0, 0.1) is 0 Å². The van der Waals surface area contributed by atoms with Crippen LogP contribution < -0.4 is 10.6 Å². The van der Waals surface area contributed by atoms with E-state index in [1.54, 1.807) is 6.92 Å². The lowest BCUT2D eigenvalue weighted by atomic mass is 10.2. The lowest BCUT2D eigenvalue weighted by Crippen LogP contribution is -2.38. The first-order valence-electron chi connectivity index (χ1n) is 7.64. The fourth-order valence-corrected chi connectivity index (χ4v) is 2.27. The summed E-state index contributed by atoms with van der Waals surface area (Å²) in [6.07, 6.45) is 1.95. The zero-order chi connectivity index (χ0) is 17.4. The number of nitrogens with one attached hydrogen (secondary N) is 2. The third-order valence-corrected chi connectivity index (χ3v) is 3.57. The number of amides is 2. The molecule has 6 nitrogen and oxygen atoms in total. The Kier molecular flexibility index (Phi) is 6.69. The Hall–Kier alpha value is -2.47.